The van der Waals surface area contributed by atoms with Crippen molar-refractivity contribution in [1.82, 2.24) is 4.98 Å². The standard InChI is InChI=1S/C11H8ClNO3/c1-16-11-7(5-14)2-6-3-8(12)10(15)4-9(6)13-11/h2-5,15H,1H3. The molecule has 0 aliphatic rings. The smallest absolute Gasteiger partial charge is 0.224 e. The Morgan fingerprint density at radius 2 is 2.19 bits per heavy atom. The maximum atomic E-state index is 10.8. The lowest BCUT2D eigenvalue weighted by Crippen LogP contribution is -1.94. The van der Waals surface area contributed by atoms with Crippen LogP contribution in [-0.4, -0.2) is 23.5 Å². The van der Waals surface area contributed by atoms with E-state index in [1.807, 2.05) is 0 Å². The minimum Gasteiger partial charge on any atom is -0.506 e. The Morgan fingerprint density at radius 1 is 1.44 bits per heavy atom. The van der Waals surface area contributed by atoms with Gasteiger partial charge < -0.3 is 9.84 Å². The minimum absolute atomic E-state index is 0.0532. The second-order valence-corrected chi connectivity index (χ2v) is 3.61. The van der Waals surface area contributed by atoms with Gasteiger partial charge in [-0.05, 0) is 12.1 Å². The van der Waals surface area contributed by atoms with Crippen LogP contribution in [0.5, 0.6) is 11.6 Å². The summed E-state index contributed by atoms with van der Waals surface area (Å²) in [5.74, 6) is 0.173. The highest BCUT2D eigenvalue weighted by atomic mass is 35.5. The van der Waals surface area contributed by atoms with Crippen LogP contribution in [0, 0.1) is 0 Å². The average Bonchev–Trinajstić information content (AvgIpc) is 2.29. The fourth-order valence-electron chi connectivity index (χ4n) is 1.43. The van der Waals surface area contributed by atoms with Crippen LogP contribution < -0.4 is 4.74 Å². The first-order chi connectivity index (χ1) is 7.65. The largest absolute Gasteiger partial charge is 0.506 e. The molecule has 0 radical (unpaired) electrons. The van der Waals surface area contributed by atoms with Crippen LogP contribution in [0.3, 0.4) is 0 Å². The number of benzene rings is 1. The number of hydrogen-bond acceptors (Lipinski definition) is 4. The topological polar surface area (TPSA) is 59.4 Å². The van der Waals surface area contributed by atoms with Gasteiger partial charge in [-0.2, -0.15) is 0 Å². The Morgan fingerprint density at radius 3 is 2.81 bits per heavy atom. The Labute approximate surface area is 96.4 Å². The van der Waals surface area contributed by atoms with E-state index >= 15 is 0 Å². The molecule has 0 atom stereocenters. The van der Waals surface area contributed by atoms with Gasteiger partial charge in [-0.25, -0.2) is 4.98 Å². The second kappa shape index (κ2) is 3.98. The molecule has 2 aromatic rings. The van der Waals surface area contributed by atoms with Crippen molar-refractivity contribution in [3.63, 3.8) is 0 Å². The van der Waals surface area contributed by atoms with Crippen molar-refractivity contribution in [2.75, 3.05) is 7.11 Å². The van der Waals surface area contributed by atoms with Crippen LogP contribution in [-0.2, 0) is 0 Å². The van der Waals surface area contributed by atoms with E-state index in [-0.39, 0.29) is 16.7 Å². The molecule has 0 aliphatic heterocycles. The van der Waals surface area contributed by atoms with Crippen LogP contribution in [0.2, 0.25) is 5.02 Å². The molecule has 1 N–H and O–H groups in total. The van der Waals surface area contributed by atoms with E-state index in [1.54, 1.807) is 12.1 Å². The fourth-order valence-corrected chi connectivity index (χ4v) is 1.60. The summed E-state index contributed by atoms with van der Waals surface area (Å²) in [5, 5.41) is 10.3. The van der Waals surface area contributed by atoms with Crippen molar-refractivity contribution in [3.8, 4) is 11.6 Å². The number of fused-ring (bicyclic) bond motifs is 1. The lowest BCUT2D eigenvalue weighted by atomic mass is 10.1. The molecule has 0 saturated carbocycles. The predicted octanol–water partition coefficient (Wildman–Crippen LogP) is 2.41. The Bertz CT molecular complexity index is 569. The van der Waals surface area contributed by atoms with Crippen LogP contribution in [0.1, 0.15) is 10.4 Å². The van der Waals surface area contributed by atoms with Crippen LogP contribution in [0.25, 0.3) is 10.9 Å². The Balaban J connectivity index is 2.78. The first-order valence-electron chi connectivity index (χ1n) is 4.48. The summed E-state index contributed by atoms with van der Waals surface area (Å²) in [4.78, 5) is 14.9. The minimum atomic E-state index is -0.0532. The van der Waals surface area contributed by atoms with Gasteiger partial charge in [0.2, 0.25) is 5.88 Å². The Hall–Kier alpha value is -1.81. The molecule has 16 heavy (non-hydrogen) atoms. The summed E-state index contributed by atoms with van der Waals surface area (Å²) in [5.41, 5.74) is 0.862. The summed E-state index contributed by atoms with van der Waals surface area (Å²) < 4.78 is 4.96. The Kier molecular flexibility index (Phi) is 2.66. The lowest BCUT2D eigenvalue weighted by Gasteiger charge is -2.06. The average molecular weight is 238 g/mol. The molecular weight excluding hydrogens is 230 g/mol. The number of pyridine rings is 1. The van der Waals surface area contributed by atoms with Gasteiger partial charge in [0.15, 0.2) is 6.29 Å². The molecule has 2 rings (SSSR count). The number of aromatic hydroxyl groups is 1. The molecule has 1 aromatic heterocycles. The number of methoxy groups -OCH3 is 1. The molecule has 1 aromatic carbocycles. The molecule has 4 nitrogen and oxygen atoms in total. The first-order valence-corrected chi connectivity index (χ1v) is 4.86. The van der Waals surface area contributed by atoms with E-state index in [0.717, 1.165) is 0 Å². The molecular formula is C11H8ClNO3. The van der Waals surface area contributed by atoms with Crippen molar-refractivity contribution >= 4 is 28.8 Å². The van der Waals surface area contributed by atoms with Crippen molar-refractivity contribution in [3.05, 3.63) is 28.8 Å². The van der Waals surface area contributed by atoms with Gasteiger partial charge >= 0.3 is 0 Å². The van der Waals surface area contributed by atoms with Crippen LogP contribution in [0.4, 0.5) is 0 Å². The van der Waals surface area contributed by atoms with Gasteiger partial charge in [0.25, 0.3) is 0 Å². The van der Waals surface area contributed by atoms with Crippen molar-refractivity contribution < 1.29 is 14.6 Å². The zero-order valence-corrected chi connectivity index (χ0v) is 9.15. The van der Waals surface area contributed by atoms with E-state index in [0.29, 0.717) is 22.8 Å². The highest BCUT2D eigenvalue weighted by Gasteiger charge is 2.09. The van der Waals surface area contributed by atoms with Crippen LogP contribution in [0.15, 0.2) is 18.2 Å². The van der Waals surface area contributed by atoms with Crippen molar-refractivity contribution in [2.45, 2.75) is 0 Å². The number of phenolic OH excluding ortho intramolecular Hbond substituents is 1. The number of carbonyl (C=O) groups excluding carboxylic acids is 1. The quantitative estimate of drug-likeness (QED) is 0.815. The van der Waals surface area contributed by atoms with Gasteiger partial charge in [0.05, 0.1) is 23.2 Å². The lowest BCUT2D eigenvalue weighted by molar-refractivity contribution is 0.112. The summed E-state index contributed by atoms with van der Waals surface area (Å²) in [6.07, 6.45) is 0.659. The van der Waals surface area contributed by atoms with Crippen molar-refractivity contribution in [1.29, 1.82) is 0 Å². The number of rotatable bonds is 2. The van der Waals surface area contributed by atoms with E-state index in [1.165, 1.54) is 13.2 Å². The van der Waals surface area contributed by atoms with Gasteiger partial charge in [0, 0.05) is 11.5 Å². The summed E-state index contributed by atoms with van der Waals surface area (Å²) in [7, 11) is 1.43. The maximum absolute atomic E-state index is 10.8. The third kappa shape index (κ3) is 1.67. The SMILES string of the molecule is COc1nc2cc(O)c(Cl)cc2cc1C=O. The molecule has 82 valence electrons. The molecule has 0 bridgehead atoms. The molecule has 0 aliphatic carbocycles. The first kappa shape index (κ1) is 10.7. The molecule has 5 heteroatoms. The molecule has 1 heterocycles. The maximum Gasteiger partial charge on any atom is 0.224 e. The van der Waals surface area contributed by atoms with E-state index in [2.05, 4.69) is 4.98 Å². The number of phenols is 1. The highest BCUT2D eigenvalue weighted by Crippen LogP contribution is 2.30. The monoisotopic (exact) mass is 237 g/mol. The molecule has 0 amide bonds. The van der Waals surface area contributed by atoms with Crippen molar-refractivity contribution in [2.24, 2.45) is 0 Å². The summed E-state index contributed by atoms with van der Waals surface area (Å²) in [6, 6.07) is 4.58. The van der Waals surface area contributed by atoms with Crippen LogP contribution >= 0.6 is 11.6 Å². The number of ether oxygens (including phenoxy) is 1. The highest BCUT2D eigenvalue weighted by molar-refractivity contribution is 6.32. The number of nitrogens with zero attached hydrogens (tertiary/aromatic N) is 1. The second-order valence-electron chi connectivity index (χ2n) is 3.20. The predicted molar refractivity (Wildman–Crippen MR) is 60.4 cm³/mol. The van der Waals surface area contributed by atoms with Gasteiger partial charge in [-0.15, -0.1) is 0 Å². The number of halogens is 1. The van der Waals surface area contributed by atoms with E-state index in [4.69, 9.17) is 16.3 Å². The number of aromatic nitrogens is 1. The number of hydrogen-bond donors (Lipinski definition) is 1. The zero-order chi connectivity index (χ0) is 11.7. The third-order valence-corrected chi connectivity index (χ3v) is 2.50. The van der Waals surface area contributed by atoms with Gasteiger partial charge in [0.1, 0.15) is 5.75 Å². The number of aldehydes is 1. The molecule has 0 spiro atoms. The zero-order valence-electron chi connectivity index (χ0n) is 8.40. The molecule has 0 saturated heterocycles. The summed E-state index contributed by atoms with van der Waals surface area (Å²) in [6.45, 7) is 0. The molecule has 0 fully saturated rings. The van der Waals surface area contributed by atoms with E-state index < -0.39 is 0 Å². The number of carbonyl (C=O) groups is 1. The summed E-state index contributed by atoms with van der Waals surface area (Å²) >= 11 is 5.76. The molecule has 0 unspecified atom stereocenters. The fraction of sp³-hybridized carbons (Fsp3) is 0.0909. The van der Waals surface area contributed by atoms with E-state index in [9.17, 15) is 9.90 Å². The van der Waals surface area contributed by atoms with Gasteiger partial charge in [-0.1, -0.05) is 11.6 Å². The van der Waals surface area contributed by atoms with Gasteiger partial charge in [-0.3, -0.25) is 4.79 Å². The third-order valence-electron chi connectivity index (χ3n) is 2.20. The normalized spacial score (nSPS) is 10.4.